The van der Waals surface area contributed by atoms with E-state index in [1.807, 2.05) is 36.4 Å². The van der Waals surface area contributed by atoms with Gasteiger partial charge in [0.25, 0.3) is 0 Å². The van der Waals surface area contributed by atoms with E-state index in [1.54, 1.807) is 17.0 Å². The largest absolute Gasteiger partial charge is 0.435 e. The number of rotatable bonds is 5. The lowest BCUT2D eigenvalue weighted by Gasteiger charge is -2.17. The fourth-order valence-corrected chi connectivity index (χ4v) is 6.73. The van der Waals surface area contributed by atoms with Crippen LogP contribution in [-0.4, -0.2) is 32.0 Å². The number of anilines is 2. The predicted octanol–water partition coefficient (Wildman–Crippen LogP) is 8.64. The van der Waals surface area contributed by atoms with Gasteiger partial charge in [-0.2, -0.15) is 36.5 Å². The highest BCUT2D eigenvalue weighted by Crippen LogP contribution is 2.37. The summed E-state index contributed by atoms with van der Waals surface area (Å²) in [6.45, 7) is 1.38. The normalized spacial score (nSPS) is 15.8. The molecule has 266 valence electrons. The van der Waals surface area contributed by atoms with Gasteiger partial charge in [-0.3, -0.25) is 14.2 Å². The smallest absolute Gasteiger partial charge is 0.399 e. The molecule has 1 amide bonds. The van der Waals surface area contributed by atoms with Crippen LogP contribution < -0.4 is 10.6 Å². The summed E-state index contributed by atoms with van der Waals surface area (Å²) in [5.74, 6) is 0.119. The minimum absolute atomic E-state index is 0. The van der Waals surface area contributed by atoms with E-state index in [0.717, 1.165) is 61.2 Å². The first-order chi connectivity index (χ1) is 22.4. The molecule has 7 nitrogen and oxygen atoms in total. The van der Waals surface area contributed by atoms with Gasteiger partial charge in [-0.25, -0.2) is 0 Å². The van der Waals surface area contributed by atoms with Crippen molar-refractivity contribution in [2.75, 3.05) is 17.2 Å². The molecular formula is C36H44F6N6O. The summed E-state index contributed by atoms with van der Waals surface area (Å²) < 4.78 is 82.1. The lowest BCUT2D eigenvalue weighted by atomic mass is 9.95. The summed E-state index contributed by atoms with van der Waals surface area (Å²) in [7, 11) is 0. The van der Waals surface area contributed by atoms with Gasteiger partial charge in [-0.1, -0.05) is 39.1 Å². The van der Waals surface area contributed by atoms with Crippen LogP contribution in [0.25, 0.3) is 0 Å². The number of hydrogen-bond acceptors (Lipinski definition) is 4. The molecule has 0 radical (unpaired) electrons. The van der Waals surface area contributed by atoms with Crippen molar-refractivity contribution in [2.45, 2.75) is 105 Å². The fourth-order valence-electron chi connectivity index (χ4n) is 6.73. The molecule has 7 rings (SSSR count). The number of nitrogens with two attached hydrogens (primary N) is 1. The highest BCUT2D eigenvalue weighted by atomic mass is 19.4. The minimum Gasteiger partial charge on any atom is -0.399 e. The third-order valence-electron chi connectivity index (χ3n) is 9.02. The van der Waals surface area contributed by atoms with Crippen LogP contribution in [0.15, 0.2) is 48.5 Å². The van der Waals surface area contributed by atoms with Crippen LogP contribution in [0.5, 0.6) is 0 Å². The van der Waals surface area contributed by atoms with Crippen molar-refractivity contribution in [1.82, 2.24) is 19.6 Å². The molecule has 1 fully saturated rings. The number of carbonyl (C=O) groups excluding carboxylic acids is 1. The lowest BCUT2D eigenvalue weighted by molar-refractivity contribution is -0.142. The maximum atomic E-state index is 13.3. The van der Waals surface area contributed by atoms with Crippen LogP contribution in [0.1, 0.15) is 98.4 Å². The van der Waals surface area contributed by atoms with Gasteiger partial charge in [0.15, 0.2) is 11.4 Å². The highest BCUT2D eigenvalue weighted by Gasteiger charge is 2.40. The molecule has 4 aromatic rings. The molecule has 1 saturated heterocycles. The third kappa shape index (κ3) is 8.30. The average Bonchev–Trinajstić information content (AvgIpc) is 3.75. The second-order valence-electron chi connectivity index (χ2n) is 12.3. The van der Waals surface area contributed by atoms with Gasteiger partial charge < -0.3 is 10.6 Å². The fraction of sp³-hybridized carbons (Fsp3) is 0.472. The predicted molar refractivity (Wildman–Crippen MR) is 178 cm³/mol. The quantitative estimate of drug-likeness (QED) is 0.168. The number of fused-ring (bicyclic) bond motifs is 2. The number of aromatic nitrogens is 4. The van der Waals surface area contributed by atoms with E-state index in [9.17, 15) is 31.1 Å². The first kappa shape index (κ1) is 37.5. The molecule has 0 atom stereocenters. The summed E-state index contributed by atoms with van der Waals surface area (Å²) >= 11 is 0. The van der Waals surface area contributed by atoms with Crippen LogP contribution in [-0.2, 0) is 55.9 Å². The van der Waals surface area contributed by atoms with Crippen LogP contribution >= 0.6 is 0 Å². The van der Waals surface area contributed by atoms with E-state index in [4.69, 9.17) is 5.73 Å². The van der Waals surface area contributed by atoms with Crippen molar-refractivity contribution >= 4 is 17.3 Å². The number of carbonyl (C=O) groups is 1. The zero-order valence-electron chi connectivity index (χ0n) is 25.8. The van der Waals surface area contributed by atoms with Crippen molar-refractivity contribution in [3.05, 3.63) is 93.6 Å². The monoisotopic (exact) mass is 690 g/mol. The van der Waals surface area contributed by atoms with E-state index in [1.165, 1.54) is 9.36 Å². The second-order valence-corrected chi connectivity index (χ2v) is 12.3. The van der Waals surface area contributed by atoms with Crippen molar-refractivity contribution in [3.63, 3.8) is 0 Å². The Morgan fingerprint density at radius 1 is 0.612 bits per heavy atom. The van der Waals surface area contributed by atoms with Gasteiger partial charge in [0.2, 0.25) is 5.91 Å². The first-order valence-electron chi connectivity index (χ1n) is 15.9. The number of nitrogen functional groups attached to an aromatic ring is 1. The minimum atomic E-state index is -4.41. The Hall–Kier alpha value is -4.29. The molecule has 1 aliphatic heterocycles. The maximum absolute atomic E-state index is 13.3. The first-order valence-corrected chi connectivity index (χ1v) is 15.9. The molecule has 0 unspecified atom stereocenters. The molecule has 3 heterocycles. The highest BCUT2D eigenvalue weighted by molar-refractivity contribution is 5.95. The number of amides is 1. The Bertz CT molecular complexity index is 1720. The summed E-state index contributed by atoms with van der Waals surface area (Å²) in [5.41, 5.74) is 9.61. The molecule has 0 bridgehead atoms. The Labute approximate surface area is 283 Å². The number of nitrogens with zero attached hydrogens (tertiary/aromatic N) is 5. The maximum Gasteiger partial charge on any atom is 0.435 e. The molecule has 0 saturated carbocycles. The van der Waals surface area contributed by atoms with E-state index in [0.29, 0.717) is 67.7 Å². The Morgan fingerprint density at radius 3 is 1.45 bits per heavy atom. The van der Waals surface area contributed by atoms with Crippen molar-refractivity contribution in [1.29, 1.82) is 0 Å². The van der Waals surface area contributed by atoms with Gasteiger partial charge in [0.1, 0.15) is 0 Å². The molecule has 3 aliphatic rings. The lowest BCUT2D eigenvalue weighted by Crippen LogP contribution is -2.23. The molecule has 2 aromatic heterocycles. The zero-order valence-corrected chi connectivity index (χ0v) is 25.8. The van der Waals surface area contributed by atoms with E-state index in [-0.39, 0.29) is 20.8 Å². The standard InChI is InChI=1S/C19H20F3N3O.C15H16F3N3.2CH4/c20-19(21,22)18-15-4-1-2-5-16(15)25(23-18)12-13-7-9-14(10-8-13)24-11-3-6-17(24)26;16-15(17,18)14-12-3-1-2-4-13(12)21(20-14)9-10-5-7-11(19)8-6-10;;/h7-10H,1-6,11-12H2;5-8H,1-4,9,19H2;2*1H4. The van der Waals surface area contributed by atoms with Crippen LogP contribution in [0, 0.1) is 0 Å². The second kappa shape index (κ2) is 15.1. The Morgan fingerprint density at radius 2 is 1.04 bits per heavy atom. The van der Waals surface area contributed by atoms with Gasteiger partial charge >= 0.3 is 12.4 Å². The molecule has 2 aromatic carbocycles. The SMILES string of the molecule is C.C.Nc1ccc(Cn2nc(C(F)(F)F)c3c2CCCC3)cc1.O=C1CCCN1c1ccc(Cn2nc(C(F)(F)F)c3c2CCCC3)cc1. The summed E-state index contributed by atoms with van der Waals surface area (Å²) in [6, 6.07) is 14.6. The summed E-state index contributed by atoms with van der Waals surface area (Å²) in [4.78, 5) is 13.6. The van der Waals surface area contributed by atoms with Gasteiger partial charge in [-0.05, 0) is 93.2 Å². The van der Waals surface area contributed by atoms with Crippen molar-refractivity contribution in [2.24, 2.45) is 0 Å². The van der Waals surface area contributed by atoms with E-state index in [2.05, 4.69) is 10.2 Å². The van der Waals surface area contributed by atoms with Crippen LogP contribution in [0.3, 0.4) is 0 Å². The summed E-state index contributed by atoms with van der Waals surface area (Å²) in [6.07, 6.45) is -1.77. The van der Waals surface area contributed by atoms with Crippen molar-refractivity contribution in [3.8, 4) is 0 Å². The van der Waals surface area contributed by atoms with Crippen LogP contribution in [0.2, 0.25) is 0 Å². The molecule has 0 spiro atoms. The van der Waals surface area contributed by atoms with E-state index >= 15 is 0 Å². The van der Waals surface area contributed by atoms with Gasteiger partial charge in [-0.15, -0.1) is 0 Å². The molecule has 13 heteroatoms. The van der Waals surface area contributed by atoms with E-state index < -0.39 is 23.7 Å². The van der Waals surface area contributed by atoms with Gasteiger partial charge in [0, 0.05) is 46.9 Å². The number of alkyl halides is 6. The zero-order chi connectivity index (χ0) is 33.3. The third-order valence-corrected chi connectivity index (χ3v) is 9.02. The number of hydrogen-bond donors (Lipinski definition) is 1. The molecule has 49 heavy (non-hydrogen) atoms. The van der Waals surface area contributed by atoms with Gasteiger partial charge in [0.05, 0.1) is 13.1 Å². The molecule has 2 N–H and O–H groups in total. The van der Waals surface area contributed by atoms with Crippen molar-refractivity contribution < 1.29 is 31.1 Å². The summed E-state index contributed by atoms with van der Waals surface area (Å²) in [5, 5.41) is 7.74. The van der Waals surface area contributed by atoms with Crippen LogP contribution in [0.4, 0.5) is 37.7 Å². The average molecular weight is 691 g/mol. The molecule has 2 aliphatic carbocycles. The topological polar surface area (TPSA) is 82.0 Å². The Kier molecular flexibility index (Phi) is 11.6. The number of benzene rings is 2. The molecular weight excluding hydrogens is 646 g/mol. The number of halogens is 6. The Balaban J connectivity index is 0.000000217.